The number of aromatic nitrogens is 3. The Morgan fingerprint density at radius 2 is 0.869 bits per heavy atom. The largest absolute Gasteiger partial charge is 0.309 e. The minimum atomic E-state index is 0.676. The van der Waals surface area contributed by atoms with Crippen LogP contribution in [0.2, 0.25) is 0 Å². The molecule has 6 nitrogen and oxygen atoms in total. The predicted molar refractivity (Wildman–Crippen MR) is 251 cm³/mol. The van der Waals surface area contributed by atoms with Crippen molar-refractivity contribution in [1.29, 1.82) is 0 Å². The van der Waals surface area contributed by atoms with Crippen LogP contribution in [0, 0.1) is 0 Å². The highest BCUT2D eigenvalue weighted by Gasteiger charge is 2.28. The van der Waals surface area contributed by atoms with Crippen LogP contribution in [0.15, 0.2) is 231 Å². The normalized spacial score (nSPS) is 11.6. The molecule has 288 valence electrons. The summed E-state index contributed by atoms with van der Waals surface area (Å²) in [6.07, 6.45) is 5.83. The van der Waals surface area contributed by atoms with Gasteiger partial charge in [0.1, 0.15) is 5.82 Å². The molecule has 0 N–H and O–H groups in total. The Balaban J connectivity index is 0.992. The lowest BCUT2D eigenvalue weighted by molar-refractivity contribution is 1.14. The summed E-state index contributed by atoms with van der Waals surface area (Å²) in [5.74, 6) is 1.53. The molecule has 1 aliphatic heterocycles. The third kappa shape index (κ3) is 6.53. The summed E-state index contributed by atoms with van der Waals surface area (Å²) in [4.78, 5) is 21.8. The van der Waals surface area contributed by atoms with E-state index < -0.39 is 0 Å². The van der Waals surface area contributed by atoms with E-state index in [0.29, 0.717) is 5.82 Å². The maximum absolute atomic E-state index is 5.05. The summed E-state index contributed by atoms with van der Waals surface area (Å²) in [6, 6.07) is 74.1. The highest BCUT2D eigenvalue weighted by molar-refractivity contribution is 6.17. The molecule has 10 aromatic rings. The second-order valence-corrected chi connectivity index (χ2v) is 14.9. The second-order valence-electron chi connectivity index (χ2n) is 14.9. The van der Waals surface area contributed by atoms with Gasteiger partial charge < -0.3 is 9.80 Å². The lowest BCUT2D eigenvalue weighted by Crippen LogP contribution is -2.15. The van der Waals surface area contributed by atoms with Gasteiger partial charge in [0.2, 0.25) is 0 Å². The summed E-state index contributed by atoms with van der Waals surface area (Å²) in [5, 5.41) is 2.27. The number of pyridine rings is 1. The fourth-order valence-electron chi connectivity index (χ4n) is 8.54. The minimum Gasteiger partial charge on any atom is -0.309 e. The van der Waals surface area contributed by atoms with Crippen LogP contribution < -0.4 is 14.7 Å². The third-order valence-corrected chi connectivity index (χ3v) is 11.3. The standard InChI is InChI=1S/C55H38N6/c1-6-17-41(18-7-1)59(42-19-8-2-9-20-42)46-37-57-55(58-38-46)50-33-32-49-47-31-29-39(35-52(47)61(45-25-14-5-15-26-45)51-28-16-27-48(50)54(49)51)40-30-34-53(56-36-40)60(43-21-10-3-11-22-43)44-23-12-4-13-24-44/h1-38H. The van der Waals surface area contributed by atoms with Crippen LogP contribution in [0.1, 0.15) is 0 Å². The van der Waals surface area contributed by atoms with Gasteiger partial charge in [-0.2, -0.15) is 0 Å². The van der Waals surface area contributed by atoms with Gasteiger partial charge >= 0.3 is 0 Å². The first-order valence-electron chi connectivity index (χ1n) is 20.4. The van der Waals surface area contributed by atoms with Gasteiger partial charge in [-0.1, -0.05) is 121 Å². The fourth-order valence-corrected chi connectivity index (χ4v) is 8.54. The Kier molecular flexibility index (Phi) is 9.06. The Morgan fingerprint density at radius 1 is 0.344 bits per heavy atom. The lowest BCUT2D eigenvalue weighted by Gasteiger charge is -2.34. The first-order chi connectivity index (χ1) is 30.3. The van der Waals surface area contributed by atoms with E-state index in [1.165, 1.54) is 10.9 Å². The Morgan fingerprint density at radius 3 is 1.44 bits per heavy atom. The van der Waals surface area contributed by atoms with Gasteiger partial charge in [0.05, 0.1) is 29.5 Å². The van der Waals surface area contributed by atoms with Crippen molar-refractivity contribution in [2.45, 2.75) is 0 Å². The van der Waals surface area contributed by atoms with E-state index in [9.17, 15) is 0 Å². The van der Waals surface area contributed by atoms with Crippen LogP contribution >= 0.6 is 0 Å². The molecule has 11 rings (SSSR count). The van der Waals surface area contributed by atoms with E-state index in [0.717, 1.165) is 79.0 Å². The molecule has 3 heterocycles. The van der Waals surface area contributed by atoms with E-state index in [1.807, 2.05) is 42.9 Å². The van der Waals surface area contributed by atoms with Crippen LogP contribution in [-0.4, -0.2) is 15.0 Å². The molecular weight excluding hydrogens is 745 g/mol. The smallest absolute Gasteiger partial charge is 0.159 e. The van der Waals surface area contributed by atoms with Crippen molar-refractivity contribution in [3.05, 3.63) is 231 Å². The molecule has 0 atom stereocenters. The number of benzene rings is 8. The number of para-hydroxylation sites is 5. The molecule has 61 heavy (non-hydrogen) atoms. The predicted octanol–water partition coefficient (Wildman–Crippen LogP) is 14.7. The van der Waals surface area contributed by atoms with Gasteiger partial charge in [-0.25, -0.2) is 15.0 Å². The van der Waals surface area contributed by atoms with Crippen LogP contribution in [0.25, 0.3) is 44.4 Å². The highest BCUT2D eigenvalue weighted by Crippen LogP contribution is 2.53. The molecule has 0 aliphatic carbocycles. The lowest BCUT2D eigenvalue weighted by atomic mass is 9.87. The van der Waals surface area contributed by atoms with Gasteiger partial charge in [-0.05, 0) is 108 Å². The zero-order chi connectivity index (χ0) is 40.5. The number of rotatable bonds is 9. The second kappa shape index (κ2) is 15.4. The molecule has 0 amide bonds. The Hall–Kier alpha value is -8.35. The van der Waals surface area contributed by atoms with E-state index in [4.69, 9.17) is 15.0 Å². The molecule has 6 heteroatoms. The molecule has 0 spiro atoms. The molecule has 0 saturated carbocycles. The molecule has 0 unspecified atom stereocenters. The topological polar surface area (TPSA) is 48.4 Å². The third-order valence-electron chi connectivity index (χ3n) is 11.3. The average Bonchev–Trinajstić information content (AvgIpc) is 3.34. The monoisotopic (exact) mass is 782 g/mol. The molecular formula is C55H38N6. The van der Waals surface area contributed by atoms with Crippen LogP contribution in [-0.2, 0) is 0 Å². The number of anilines is 9. The van der Waals surface area contributed by atoms with Crippen LogP contribution in [0.4, 0.5) is 51.3 Å². The molecule has 0 saturated heterocycles. The summed E-state index contributed by atoms with van der Waals surface area (Å²) < 4.78 is 0. The first-order valence-corrected chi connectivity index (χ1v) is 20.4. The highest BCUT2D eigenvalue weighted by atomic mass is 15.2. The van der Waals surface area contributed by atoms with Gasteiger partial charge in [-0.15, -0.1) is 0 Å². The quantitative estimate of drug-likeness (QED) is 0.145. The zero-order valence-electron chi connectivity index (χ0n) is 33.1. The SMILES string of the molecule is c1ccc(N(c2ccccc2)c2cnc(-c3ccc4c5c(cccc35)N(c3ccccc3)c3cc(-c5ccc(N(c6ccccc6)c6ccccc6)nc5)ccc3-4)nc2)cc1. The van der Waals surface area contributed by atoms with Crippen LogP contribution in [0.5, 0.6) is 0 Å². The zero-order valence-corrected chi connectivity index (χ0v) is 33.1. The van der Waals surface area contributed by atoms with E-state index in [-0.39, 0.29) is 0 Å². The molecule has 0 fully saturated rings. The van der Waals surface area contributed by atoms with Gasteiger partial charge in [0.15, 0.2) is 5.82 Å². The molecule has 1 aliphatic rings. The number of nitrogens with zero attached hydrogens (tertiary/aromatic N) is 6. The molecule has 8 aromatic carbocycles. The maximum Gasteiger partial charge on any atom is 0.159 e. The molecule has 0 bridgehead atoms. The summed E-state index contributed by atoms with van der Waals surface area (Å²) in [6.45, 7) is 0. The van der Waals surface area contributed by atoms with Gasteiger partial charge in [0.25, 0.3) is 0 Å². The number of fused-ring (bicyclic) bond motifs is 2. The van der Waals surface area contributed by atoms with Crippen molar-refractivity contribution in [3.8, 4) is 33.6 Å². The van der Waals surface area contributed by atoms with Gasteiger partial charge in [-0.3, -0.25) is 4.90 Å². The Bertz CT molecular complexity index is 3030. The summed E-state index contributed by atoms with van der Waals surface area (Å²) in [7, 11) is 0. The number of hydrogen-bond donors (Lipinski definition) is 0. The fraction of sp³-hybridized carbons (Fsp3) is 0. The van der Waals surface area contributed by atoms with Crippen molar-refractivity contribution in [1.82, 2.24) is 15.0 Å². The van der Waals surface area contributed by atoms with E-state index in [2.05, 4.69) is 203 Å². The summed E-state index contributed by atoms with van der Waals surface area (Å²) in [5.41, 5.74) is 13.8. The van der Waals surface area contributed by atoms with Crippen molar-refractivity contribution in [3.63, 3.8) is 0 Å². The maximum atomic E-state index is 5.05. The Labute approximate surface area is 355 Å². The molecule has 0 radical (unpaired) electrons. The molecule has 2 aromatic heterocycles. The van der Waals surface area contributed by atoms with Crippen molar-refractivity contribution in [2.75, 3.05) is 14.7 Å². The van der Waals surface area contributed by atoms with Crippen molar-refractivity contribution in [2.24, 2.45) is 0 Å². The van der Waals surface area contributed by atoms with E-state index in [1.54, 1.807) is 0 Å². The first kappa shape index (κ1) is 35.8. The minimum absolute atomic E-state index is 0.676. The van der Waals surface area contributed by atoms with Crippen LogP contribution in [0.3, 0.4) is 0 Å². The van der Waals surface area contributed by atoms with Crippen molar-refractivity contribution >= 4 is 62.1 Å². The van der Waals surface area contributed by atoms with Crippen molar-refractivity contribution < 1.29 is 0 Å². The average molecular weight is 783 g/mol. The number of hydrogen-bond acceptors (Lipinski definition) is 6. The van der Waals surface area contributed by atoms with Gasteiger partial charge in [0, 0.05) is 56.7 Å². The van der Waals surface area contributed by atoms with E-state index >= 15 is 0 Å². The summed E-state index contributed by atoms with van der Waals surface area (Å²) >= 11 is 0.